The Balaban J connectivity index is 4.21. The van der Waals surface area contributed by atoms with Crippen LogP contribution >= 0.6 is 0 Å². The van der Waals surface area contributed by atoms with Crippen molar-refractivity contribution in [2.24, 2.45) is 0 Å². The maximum Gasteiger partial charge on any atom is 0.334 e. The molecule has 0 aliphatic rings. The molecule has 100 valence electrons. The molecule has 1 unspecified atom stereocenters. The van der Waals surface area contributed by atoms with Crippen molar-refractivity contribution < 1.29 is 19.8 Å². The minimum Gasteiger partial charge on any atom is -0.479 e. The van der Waals surface area contributed by atoms with Gasteiger partial charge in [0.25, 0.3) is 0 Å². The van der Waals surface area contributed by atoms with Gasteiger partial charge in [0.15, 0.2) is 6.10 Å². The van der Waals surface area contributed by atoms with Crippen LogP contribution in [-0.4, -0.2) is 40.4 Å². The van der Waals surface area contributed by atoms with Crippen LogP contribution in [0.5, 0.6) is 0 Å². The van der Waals surface area contributed by atoms with Gasteiger partial charge < -0.3 is 20.8 Å². The molecular weight excluding hydrogens is 224 g/mol. The molecule has 0 aromatic rings. The quantitative estimate of drug-likeness (QED) is 0.531. The highest BCUT2D eigenvalue weighted by atomic mass is 16.4. The number of urea groups is 1. The topological polar surface area (TPSA) is 98.7 Å². The van der Waals surface area contributed by atoms with Crippen molar-refractivity contribution in [3.05, 3.63) is 0 Å². The highest BCUT2D eigenvalue weighted by Gasteiger charge is 2.26. The van der Waals surface area contributed by atoms with Crippen LogP contribution in [0.25, 0.3) is 0 Å². The molecule has 1 atom stereocenters. The van der Waals surface area contributed by atoms with Crippen molar-refractivity contribution in [3.63, 3.8) is 0 Å². The van der Waals surface area contributed by atoms with Crippen LogP contribution in [0.3, 0.4) is 0 Å². The van der Waals surface area contributed by atoms with Gasteiger partial charge in [-0.3, -0.25) is 0 Å². The first-order valence-electron chi connectivity index (χ1n) is 5.87. The Morgan fingerprint density at radius 2 is 1.65 bits per heavy atom. The van der Waals surface area contributed by atoms with E-state index in [2.05, 4.69) is 10.6 Å². The summed E-state index contributed by atoms with van der Waals surface area (Å²) in [5.41, 5.74) is -0.266. The number of carbonyl (C=O) groups excluding carboxylic acids is 1. The molecule has 0 saturated carbocycles. The van der Waals surface area contributed by atoms with E-state index >= 15 is 0 Å². The molecule has 0 radical (unpaired) electrons. The van der Waals surface area contributed by atoms with E-state index in [-0.39, 0.29) is 12.1 Å². The van der Waals surface area contributed by atoms with Crippen molar-refractivity contribution in [1.29, 1.82) is 0 Å². The van der Waals surface area contributed by atoms with Crippen LogP contribution in [0.4, 0.5) is 4.79 Å². The van der Waals surface area contributed by atoms with Gasteiger partial charge in [-0.15, -0.1) is 0 Å². The zero-order valence-corrected chi connectivity index (χ0v) is 10.6. The van der Waals surface area contributed by atoms with Crippen LogP contribution in [0.1, 0.15) is 40.0 Å². The van der Waals surface area contributed by atoms with E-state index in [0.717, 1.165) is 19.3 Å². The largest absolute Gasteiger partial charge is 0.479 e. The molecule has 0 heterocycles. The third kappa shape index (κ3) is 5.04. The molecule has 17 heavy (non-hydrogen) atoms. The lowest BCUT2D eigenvalue weighted by Gasteiger charge is -2.31. The van der Waals surface area contributed by atoms with E-state index < -0.39 is 18.1 Å². The van der Waals surface area contributed by atoms with Gasteiger partial charge in [0.1, 0.15) is 0 Å². The van der Waals surface area contributed by atoms with Crippen LogP contribution in [-0.2, 0) is 4.79 Å². The number of aliphatic hydroxyl groups is 1. The van der Waals surface area contributed by atoms with E-state index in [1.807, 2.05) is 20.8 Å². The number of aliphatic carboxylic acids is 1. The molecule has 0 spiro atoms. The molecule has 6 nitrogen and oxygen atoms in total. The number of hydrogen-bond donors (Lipinski definition) is 4. The molecule has 0 rings (SSSR count). The molecule has 2 amide bonds. The number of rotatable bonds is 7. The minimum atomic E-state index is -1.57. The summed E-state index contributed by atoms with van der Waals surface area (Å²) in [6, 6.07) is -0.448. The number of carboxylic acids is 1. The number of carbonyl (C=O) groups is 2. The summed E-state index contributed by atoms with van der Waals surface area (Å²) in [5.74, 6) is -1.35. The molecule has 0 saturated heterocycles. The van der Waals surface area contributed by atoms with E-state index in [1.165, 1.54) is 0 Å². The molecule has 0 fully saturated rings. The lowest BCUT2D eigenvalue weighted by Crippen LogP contribution is -2.52. The minimum absolute atomic E-state index is 0.266. The van der Waals surface area contributed by atoms with Gasteiger partial charge >= 0.3 is 12.0 Å². The predicted molar refractivity (Wildman–Crippen MR) is 63.8 cm³/mol. The SMILES string of the molecule is CCC(CC)(CC)NC(=O)NCC(O)C(=O)O. The Hall–Kier alpha value is -1.30. The van der Waals surface area contributed by atoms with E-state index in [1.54, 1.807) is 0 Å². The zero-order chi connectivity index (χ0) is 13.5. The van der Waals surface area contributed by atoms with Crippen molar-refractivity contribution in [2.45, 2.75) is 51.7 Å². The number of carboxylic acid groups (broad SMARTS) is 1. The zero-order valence-electron chi connectivity index (χ0n) is 10.6. The van der Waals surface area contributed by atoms with Gasteiger partial charge in [0, 0.05) is 5.54 Å². The summed E-state index contributed by atoms with van der Waals surface area (Å²) in [5, 5.41) is 22.6. The number of hydrogen-bond acceptors (Lipinski definition) is 3. The second-order valence-corrected chi connectivity index (χ2v) is 4.03. The Bertz CT molecular complexity index is 256. The first-order chi connectivity index (χ1) is 7.90. The van der Waals surface area contributed by atoms with E-state index in [4.69, 9.17) is 10.2 Å². The van der Waals surface area contributed by atoms with Gasteiger partial charge in [-0.2, -0.15) is 0 Å². The molecule has 0 bridgehead atoms. The molecule has 0 aromatic heterocycles. The van der Waals surface area contributed by atoms with Gasteiger partial charge in [-0.05, 0) is 19.3 Å². The van der Waals surface area contributed by atoms with Crippen molar-refractivity contribution in [1.82, 2.24) is 10.6 Å². The van der Waals surface area contributed by atoms with E-state index in [9.17, 15) is 9.59 Å². The van der Waals surface area contributed by atoms with Gasteiger partial charge in [-0.1, -0.05) is 20.8 Å². The fraction of sp³-hybridized carbons (Fsp3) is 0.818. The normalized spacial score (nSPS) is 12.9. The summed E-state index contributed by atoms with van der Waals surface area (Å²) >= 11 is 0. The third-order valence-corrected chi connectivity index (χ3v) is 3.15. The number of amides is 2. The highest BCUT2D eigenvalue weighted by molar-refractivity contribution is 5.77. The number of aliphatic hydroxyl groups excluding tert-OH is 1. The number of nitrogens with one attached hydrogen (secondary N) is 2. The Morgan fingerprint density at radius 1 is 1.18 bits per heavy atom. The standard InChI is InChI=1S/C11H22N2O4/c1-4-11(5-2,6-3)13-10(17)12-7-8(14)9(15)16/h8,14H,4-7H2,1-3H3,(H,15,16)(H2,12,13,17). The molecular formula is C11H22N2O4. The average Bonchev–Trinajstić information content (AvgIpc) is 2.33. The second kappa shape index (κ2) is 7.11. The van der Waals surface area contributed by atoms with Gasteiger partial charge in [0.05, 0.1) is 6.54 Å². The lowest BCUT2D eigenvalue weighted by molar-refractivity contribution is -0.146. The van der Waals surface area contributed by atoms with Crippen molar-refractivity contribution in [2.75, 3.05) is 6.54 Å². The van der Waals surface area contributed by atoms with Crippen molar-refractivity contribution in [3.8, 4) is 0 Å². The maximum atomic E-state index is 11.5. The molecule has 0 aromatic carbocycles. The summed E-state index contributed by atoms with van der Waals surface area (Å²) in [7, 11) is 0. The average molecular weight is 246 g/mol. The molecule has 0 aliphatic carbocycles. The van der Waals surface area contributed by atoms with Crippen LogP contribution < -0.4 is 10.6 Å². The van der Waals surface area contributed by atoms with Crippen LogP contribution in [0.15, 0.2) is 0 Å². The fourth-order valence-corrected chi connectivity index (χ4v) is 1.58. The Labute approximate surface area is 101 Å². The monoisotopic (exact) mass is 246 g/mol. The van der Waals surface area contributed by atoms with Crippen LogP contribution in [0.2, 0.25) is 0 Å². The molecule has 4 N–H and O–H groups in total. The molecule has 6 heteroatoms. The Morgan fingerprint density at radius 3 is 2.00 bits per heavy atom. The summed E-state index contributed by atoms with van der Waals surface area (Å²) < 4.78 is 0. The summed E-state index contributed by atoms with van der Waals surface area (Å²) in [6.45, 7) is 5.66. The smallest absolute Gasteiger partial charge is 0.334 e. The fourth-order valence-electron chi connectivity index (χ4n) is 1.58. The second-order valence-electron chi connectivity index (χ2n) is 4.03. The van der Waals surface area contributed by atoms with Crippen molar-refractivity contribution >= 4 is 12.0 Å². The van der Waals surface area contributed by atoms with Gasteiger partial charge in [0.2, 0.25) is 0 Å². The first kappa shape index (κ1) is 15.7. The van der Waals surface area contributed by atoms with E-state index in [0.29, 0.717) is 0 Å². The highest BCUT2D eigenvalue weighted by Crippen LogP contribution is 2.18. The Kier molecular flexibility index (Phi) is 6.57. The van der Waals surface area contributed by atoms with Gasteiger partial charge in [-0.25, -0.2) is 9.59 Å². The summed E-state index contributed by atoms with van der Waals surface area (Å²) in [6.07, 6.45) is 0.832. The third-order valence-electron chi connectivity index (χ3n) is 3.15. The first-order valence-corrected chi connectivity index (χ1v) is 5.87. The molecule has 0 aliphatic heterocycles. The summed E-state index contributed by atoms with van der Waals surface area (Å²) in [4.78, 5) is 21.9. The lowest BCUT2D eigenvalue weighted by atomic mass is 9.90. The van der Waals surface area contributed by atoms with Crippen LogP contribution in [0, 0.1) is 0 Å². The predicted octanol–water partition coefficient (Wildman–Crippen LogP) is 0.700. The maximum absolute atomic E-state index is 11.5.